The Morgan fingerprint density at radius 3 is 2.92 bits per heavy atom. The van der Waals surface area contributed by atoms with Crippen molar-refractivity contribution in [2.75, 3.05) is 6.54 Å². The van der Waals surface area contributed by atoms with Crippen LogP contribution in [0.2, 0.25) is 5.02 Å². The maximum atomic E-state index is 12.1. The van der Waals surface area contributed by atoms with Crippen molar-refractivity contribution >= 4 is 33.4 Å². The van der Waals surface area contributed by atoms with Gasteiger partial charge in [0.15, 0.2) is 5.76 Å². The zero-order valence-corrected chi connectivity index (χ0v) is 15.5. The number of carbonyl (C=O) groups is 1. The highest BCUT2D eigenvalue weighted by molar-refractivity contribution is 9.10. The summed E-state index contributed by atoms with van der Waals surface area (Å²) in [5, 5.41) is 7.42. The number of carbonyl (C=O) groups excluding carboxylic acids is 1. The highest BCUT2D eigenvalue weighted by Gasteiger charge is 2.11. The summed E-state index contributed by atoms with van der Waals surface area (Å²) in [4.78, 5) is 12.1. The number of ether oxygens (including phenoxy) is 1. The lowest BCUT2D eigenvalue weighted by Crippen LogP contribution is -2.27. The van der Waals surface area contributed by atoms with E-state index >= 15 is 0 Å². The molecule has 0 aliphatic carbocycles. The number of para-hydroxylation sites is 1. The van der Waals surface area contributed by atoms with Crippen molar-refractivity contribution in [1.29, 1.82) is 0 Å². The Balaban J connectivity index is 1.48. The second-order valence-electron chi connectivity index (χ2n) is 5.16. The molecule has 0 spiro atoms. The molecule has 3 rings (SSSR count). The maximum absolute atomic E-state index is 12.1. The number of hydrogen-bond acceptors (Lipinski definition) is 4. The van der Waals surface area contributed by atoms with Crippen LogP contribution in [0.25, 0.3) is 0 Å². The molecular weight excluding hydrogens is 410 g/mol. The van der Waals surface area contributed by atoms with Crippen molar-refractivity contribution in [3.8, 4) is 5.75 Å². The molecule has 0 atom stereocenters. The van der Waals surface area contributed by atoms with E-state index in [2.05, 4.69) is 26.3 Å². The van der Waals surface area contributed by atoms with E-state index in [0.717, 1.165) is 4.47 Å². The van der Waals surface area contributed by atoms with Gasteiger partial charge >= 0.3 is 0 Å². The SMILES string of the molecule is O=C(NCCn1cc(Br)cn1)c1ccc(COc2ccccc2Cl)o1. The lowest BCUT2D eigenvalue weighted by atomic mass is 10.3. The van der Waals surface area contributed by atoms with Crippen LogP contribution < -0.4 is 10.1 Å². The van der Waals surface area contributed by atoms with Gasteiger partial charge in [0.25, 0.3) is 5.91 Å². The van der Waals surface area contributed by atoms with Gasteiger partial charge in [-0.05, 0) is 40.2 Å². The van der Waals surface area contributed by atoms with Crippen molar-refractivity contribution in [3.63, 3.8) is 0 Å². The average Bonchev–Trinajstić information content (AvgIpc) is 3.23. The third-order valence-corrected chi connectivity index (χ3v) is 4.04. The number of halogens is 2. The summed E-state index contributed by atoms with van der Waals surface area (Å²) in [6.07, 6.45) is 3.53. The van der Waals surface area contributed by atoms with Crippen molar-refractivity contribution in [2.24, 2.45) is 0 Å². The van der Waals surface area contributed by atoms with Gasteiger partial charge in [0.05, 0.1) is 22.2 Å². The Kier molecular flexibility index (Phi) is 5.78. The summed E-state index contributed by atoms with van der Waals surface area (Å²) < 4.78 is 13.7. The van der Waals surface area contributed by atoms with Crippen LogP contribution in [0.1, 0.15) is 16.3 Å². The summed E-state index contributed by atoms with van der Waals surface area (Å²) >= 11 is 9.35. The molecule has 25 heavy (non-hydrogen) atoms. The minimum atomic E-state index is -0.282. The van der Waals surface area contributed by atoms with E-state index in [1.54, 1.807) is 35.1 Å². The van der Waals surface area contributed by atoms with Gasteiger partial charge in [-0.15, -0.1) is 0 Å². The Labute approximate surface area is 157 Å². The fraction of sp³-hybridized carbons (Fsp3) is 0.176. The maximum Gasteiger partial charge on any atom is 0.287 e. The van der Waals surface area contributed by atoms with E-state index in [4.69, 9.17) is 20.8 Å². The van der Waals surface area contributed by atoms with Crippen LogP contribution in [0.15, 0.2) is 57.7 Å². The number of amides is 1. The number of nitrogens with one attached hydrogen (secondary N) is 1. The van der Waals surface area contributed by atoms with Crippen LogP contribution in [0, 0.1) is 0 Å². The summed E-state index contributed by atoms with van der Waals surface area (Å²) in [5.74, 6) is 1.06. The van der Waals surface area contributed by atoms with Gasteiger partial charge in [-0.25, -0.2) is 0 Å². The standard InChI is InChI=1S/C17H15BrClN3O3/c18-12-9-21-22(10-12)8-7-20-17(23)16-6-5-13(25-16)11-24-15-4-2-1-3-14(15)19/h1-6,9-10H,7-8,11H2,(H,20,23). The molecule has 0 aliphatic rings. The minimum Gasteiger partial charge on any atom is -0.484 e. The molecule has 0 aliphatic heterocycles. The lowest BCUT2D eigenvalue weighted by Gasteiger charge is -2.06. The molecular formula is C17H15BrClN3O3. The molecule has 8 heteroatoms. The fourth-order valence-corrected chi connectivity index (χ4v) is 2.64. The van der Waals surface area contributed by atoms with E-state index in [1.165, 1.54) is 0 Å². The second-order valence-corrected chi connectivity index (χ2v) is 6.49. The van der Waals surface area contributed by atoms with Gasteiger partial charge in [-0.1, -0.05) is 23.7 Å². The Hall–Kier alpha value is -2.25. The Morgan fingerprint density at radius 2 is 2.16 bits per heavy atom. The zero-order chi connectivity index (χ0) is 17.6. The fourth-order valence-electron chi connectivity index (χ4n) is 2.12. The first-order valence-corrected chi connectivity index (χ1v) is 8.71. The summed E-state index contributed by atoms with van der Waals surface area (Å²) in [7, 11) is 0. The van der Waals surface area contributed by atoms with Crippen molar-refractivity contribution in [1.82, 2.24) is 15.1 Å². The third-order valence-electron chi connectivity index (χ3n) is 3.32. The topological polar surface area (TPSA) is 69.3 Å². The van der Waals surface area contributed by atoms with Gasteiger partial charge in [0.1, 0.15) is 18.1 Å². The first-order chi connectivity index (χ1) is 12.1. The van der Waals surface area contributed by atoms with Crippen molar-refractivity contribution < 1.29 is 13.9 Å². The van der Waals surface area contributed by atoms with Crippen LogP contribution >= 0.6 is 27.5 Å². The van der Waals surface area contributed by atoms with E-state index in [1.807, 2.05) is 18.3 Å². The largest absolute Gasteiger partial charge is 0.484 e. The highest BCUT2D eigenvalue weighted by atomic mass is 79.9. The normalized spacial score (nSPS) is 10.6. The molecule has 6 nitrogen and oxygen atoms in total. The molecule has 1 aromatic carbocycles. The second kappa shape index (κ2) is 8.22. The molecule has 3 aromatic rings. The molecule has 0 saturated carbocycles. The Bertz CT molecular complexity index is 862. The smallest absolute Gasteiger partial charge is 0.287 e. The monoisotopic (exact) mass is 423 g/mol. The number of nitrogens with zero attached hydrogens (tertiary/aromatic N) is 2. The van der Waals surface area contributed by atoms with E-state index < -0.39 is 0 Å². The van der Waals surface area contributed by atoms with Crippen molar-refractivity contribution in [2.45, 2.75) is 13.2 Å². The first kappa shape index (κ1) is 17.6. The molecule has 1 amide bonds. The van der Waals surface area contributed by atoms with E-state index in [-0.39, 0.29) is 18.3 Å². The summed E-state index contributed by atoms with van der Waals surface area (Å²) in [5.41, 5.74) is 0. The van der Waals surface area contributed by atoms with E-state index in [0.29, 0.717) is 29.6 Å². The number of rotatable bonds is 7. The van der Waals surface area contributed by atoms with Gasteiger partial charge in [0, 0.05) is 12.7 Å². The van der Waals surface area contributed by atoms with Gasteiger partial charge in [-0.2, -0.15) is 5.10 Å². The molecule has 0 fully saturated rings. The predicted octanol–water partition coefficient (Wildman–Crippen LogP) is 3.90. The van der Waals surface area contributed by atoms with E-state index in [9.17, 15) is 4.79 Å². The lowest BCUT2D eigenvalue weighted by molar-refractivity contribution is 0.0920. The van der Waals surface area contributed by atoms with Crippen LogP contribution in [0.5, 0.6) is 5.75 Å². The number of benzene rings is 1. The summed E-state index contributed by atoms with van der Waals surface area (Å²) in [6.45, 7) is 1.21. The number of aromatic nitrogens is 2. The highest BCUT2D eigenvalue weighted by Crippen LogP contribution is 2.24. The third kappa shape index (κ3) is 4.87. The molecule has 0 saturated heterocycles. The molecule has 2 aromatic heterocycles. The average molecular weight is 425 g/mol. The molecule has 0 radical (unpaired) electrons. The molecule has 1 N–H and O–H groups in total. The zero-order valence-electron chi connectivity index (χ0n) is 13.1. The molecule has 130 valence electrons. The number of hydrogen-bond donors (Lipinski definition) is 1. The quantitative estimate of drug-likeness (QED) is 0.624. The minimum absolute atomic E-state index is 0.193. The summed E-state index contributed by atoms with van der Waals surface area (Å²) in [6, 6.07) is 10.5. The van der Waals surface area contributed by atoms with Gasteiger partial charge in [-0.3, -0.25) is 9.48 Å². The number of furan rings is 1. The van der Waals surface area contributed by atoms with Crippen LogP contribution in [-0.2, 0) is 13.2 Å². The predicted molar refractivity (Wildman–Crippen MR) is 96.8 cm³/mol. The van der Waals surface area contributed by atoms with Crippen LogP contribution in [0.3, 0.4) is 0 Å². The molecule has 2 heterocycles. The Morgan fingerprint density at radius 1 is 1.32 bits per heavy atom. The van der Waals surface area contributed by atoms with Gasteiger partial charge in [0.2, 0.25) is 0 Å². The molecule has 0 bridgehead atoms. The van der Waals surface area contributed by atoms with Crippen molar-refractivity contribution in [3.05, 3.63) is 69.8 Å². The molecule has 0 unspecified atom stereocenters. The first-order valence-electron chi connectivity index (χ1n) is 7.54. The van der Waals surface area contributed by atoms with Crippen LogP contribution in [0.4, 0.5) is 0 Å². The van der Waals surface area contributed by atoms with Gasteiger partial charge < -0.3 is 14.5 Å². The van der Waals surface area contributed by atoms with Crippen LogP contribution in [-0.4, -0.2) is 22.2 Å².